The van der Waals surface area contributed by atoms with E-state index in [4.69, 9.17) is 0 Å². The first kappa shape index (κ1) is 10.1. The third-order valence-electron chi connectivity index (χ3n) is 5.35. The van der Waals surface area contributed by atoms with Gasteiger partial charge in [0, 0.05) is 31.1 Å². The van der Waals surface area contributed by atoms with Crippen LogP contribution in [-0.2, 0) is 0 Å². The molecule has 2 heterocycles. The van der Waals surface area contributed by atoms with Gasteiger partial charge in [0.15, 0.2) is 0 Å². The molecule has 0 aromatic carbocycles. The molecule has 3 fully saturated rings. The summed E-state index contributed by atoms with van der Waals surface area (Å²) in [6, 6.07) is 1.02. The molecular weight excluding hydrogens is 182 g/mol. The fourth-order valence-corrected chi connectivity index (χ4v) is 5.46. The summed E-state index contributed by atoms with van der Waals surface area (Å²) in [5, 5.41) is 0. The van der Waals surface area contributed by atoms with Crippen LogP contribution < -0.4 is 0 Å². The summed E-state index contributed by atoms with van der Waals surface area (Å²) in [5.41, 5.74) is 1.29. The van der Waals surface area contributed by atoms with Crippen LogP contribution in [0.2, 0.25) is 0 Å². The summed E-state index contributed by atoms with van der Waals surface area (Å²) >= 11 is 0. The first-order valence-electron chi connectivity index (χ1n) is 6.79. The molecule has 1 aliphatic carbocycles. The van der Waals surface area contributed by atoms with E-state index in [1.165, 1.54) is 56.2 Å². The van der Waals surface area contributed by atoms with Gasteiger partial charge in [0.1, 0.15) is 0 Å². The molecule has 0 amide bonds. The smallest absolute Gasteiger partial charge is 0.0903 e. The predicted octanol–water partition coefficient (Wildman–Crippen LogP) is 3.20. The molecule has 0 aromatic heterocycles. The molecular formula is C14H26N+. The Kier molecular flexibility index (Phi) is 1.89. The molecule has 3 aliphatic rings. The molecule has 0 aromatic rings. The Morgan fingerprint density at radius 1 is 1.00 bits per heavy atom. The zero-order valence-electron chi connectivity index (χ0n) is 10.7. The van der Waals surface area contributed by atoms with Crippen LogP contribution in [-0.4, -0.2) is 30.2 Å². The SMILES string of the molecule is CC1(C)C[C@@H]2C[C@](C)(C1)C[N+]21CCCC1. The number of fused-ring (bicyclic) bond motifs is 3. The van der Waals surface area contributed by atoms with Gasteiger partial charge in [-0.1, -0.05) is 20.8 Å². The van der Waals surface area contributed by atoms with Crippen LogP contribution in [0.15, 0.2) is 0 Å². The average Bonchev–Trinajstić information content (AvgIpc) is 2.55. The fourth-order valence-electron chi connectivity index (χ4n) is 5.46. The van der Waals surface area contributed by atoms with Crippen molar-refractivity contribution in [1.82, 2.24) is 0 Å². The second-order valence-corrected chi connectivity index (χ2v) is 7.74. The Balaban J connectivity index is 1.93. The third kappa shape index (κ3) is 1.46. The summed E-state index contributed by atoms with van der Waals surface area (Å²) in [6.45, 7) is 12.0. The monoisotopic (exact) mass is 208 g/mol. The molecule has 0 unspecified atom stereocenters. The van der Waals surface area contributed by atoms with E-state index in [9.17, 15) is 0 Å². The Morgan fingerprint density at radius 3 is 2.33 bits per heavy atom. The number of nitrogens with zero attached hydrogens (tertiary/aromatic N) is 1. The normalized spacial score (nSPS) is 46.2. The van der Waals surface area contributed by atoms with Crippen molar-refractivity contribution in [3.63, 3.8) is 0 Å². The highest BCUT2D eigenvalue weighted by Gasteiger charge is 2.59. The molecule has 1 spiro atoms. The van der Waals surface area contributed by atoms with Gasteiger partial charge in [-0.3, -0.25) is 0 Å². The molecule has 0 N–H and O–H groups in total. The highest BCUT2D eigenvalue weighted by atomic mass is 15.4. The van der Waals surface area contributed by atoms with Crippen molar-refractivity contribution < 1.29 is 4.48 Å². The summed E-state index contributed by atoms with van der Waals surface area (Å²) in [4.78, 5) is 0. The molecule has 1 saturated carbocycles. The van der Waals surface area contributed by atoms with Gasteiger partial charge in [0.25, 0.3) is 0 Å². The van der Waals surface area contributed by atoms with Crippen LogP contribution in [0.1, 0.15) is 52.9 Å². The minimum absolute atomic E-state index is 0.613. The van der Waals surface area contributed by atoms with Gasteiger partial charge in [-0.05, 0) is 11.8 Å². The second-order valence-electron chi connectivity index (χ2n) is 7.74. The lowest BCUT2D eigenvalue weighted by Gasteiger charge is -2.40. The van der Waals surface area contributed by atoms with Crippen LogP contribution in [0.25, 0.3) is 0 Å². The lowest BCUT2D eigenvalue weighted by molar-refractivity contribution is -0.930. The number of hydrogen-bond donors (Lipinski definition) is 0. The van der Waals surface area contributed by atoms with Crippen LogP contribution in [0, 0.1) is 10.8 Å². The maximum Gasteiger partial charge on any atom is 0.0903 e. The van der Waals surface area contributed by atoms with E-state index < -0.39 is 0 Å². The number of quaternary nitrogens is 1. The van der Waals surface area contributed by atoms with Crippen molar-refractivity contribution in [3.05, 3.63) is 0 Å². The average molecular weight is 208 g/mol. The molecule has 1 nitrogen and oxygen atoms in total. The maximum absolute atomic E-state index is 2.56. The molecule has 15 heavy (non-hydrogen) atoms. The van der Waals surface area contributed by atoms with Crippen LogP contribution in [0.4, 0.5) is 0 Å². The molecule has 0 radical (unpaired) electrons. The van der Waals surface area contributed by atoms with Crippen LogP contribution in [0.5, 0.6) is 0 Å². The van der Waals surface area contributed by atoms with Crippen molar-refractivity contribution in [1.29, 1.82) is 0 Å². The van der Waals surface area contributed by atoms with E-state index in [1.807, 2.05) is 0 Å². The first-order valence-corrected chi connectivity index (χ1v) is 6.79. The molecule has 2 atom stereocenters. The van der Waals surface area contributed by atoms with E-state index in [0.29, 0.717) is 10.8 Å². The van der Waals surface area contributed by atoms with Crippen LogP contribution >= 0.6 is 0 Å². The van der Waals surface area contributed by atoms with Crippen molar-refractivity contribution in [2.24, 2.45) is 10.8 Å². The zero-order chi connectivity index (χ0) is 10.7. The van der Waals surface area contributed by atoms with Gasteiger partial charge in [-0.25, -0.2) is 0 Å². The minimum atomic E-state index is 0.613. The minimum Gasteiger partial charge on any atom is -0.321 e. The molecule has 2 saturated heterocycles. The van der Waals surface area contributed by atoms with Gasteiger partial charge in [0.2, 0.25) is 0 Å². The molecule has 3 rings (SSSR count). The van der Waals surface area contributed by atoms with Gasteiger partial charge in [-0.15, -0.1) is 0 Å². The lowest BCUT2D eigenvalue weighted by Crippen LogP contribution is -2.49. The van der Waals surface area contributed by atoms with E-state index in [-0.39, 0.29) is 0 Å². The molecule has 1 heteroatoms. The van der Waals surface area contributed by atoms with Crippen LogP contribution in [0.3, 0.4) is 0 Å². The molecule has 2 bridgehead atoms. The quantitative estimate of drug-likeness (QED) is 0.536. The third-order valence-corrected chi connectivity index (χ3v) is 5.35. The highest BCUT2D eigenvalue weighted by molar-refractivity contribution is 4.97. The number of hydrogen-bond acceptors (Lipinski definition) is 0. The Labute approximate surface area is 94.4 Å². The highest BCUT2D eigenvalue weighted by Crippen LogP contribution is 2.56. The van der Waals surface area contributed by atoms with Gasteiger partial charge in [0.05, 0.1) is 25.7 Å². The Hall–Kier alpha value is -0.0400. The second kappa shape index (κ2) is 2.80. The summed E-state index contributed by atoms with van der Waals surface area (Å²) in [7, 11) is 0. The Bertz CT molecular complexity index is 275. The predicted molar refractivity (Wildman–Crippen MR) is 63.6 cm³/mol. The summed E-state index contributed by atoms with van der Waals surface area (Å²) < 4.78 is 1.51. The standard InChI is InChI=1S/C14H26N/c1-13(2)8-12-9-14(3,10-13)11-15(12)6-4-5-7-15/h12H,4-11H2,1-3H3/q+1/t12-,14-/m1/s1. The van der Waals surface area contributed by atoms with E-state index in [0.717, 1.165) is 6.04 Å². The van der Waals surface area contributed by atoms with Gasteiger partial charge in [-0.2, -0.15) is 0 Å². The topological polar surface area (TPSA) is 0 Å². The van der Waals surface area contributed by atoms with E-state index in [1.54, 1.807) is 0 Å². The first-order chi connectivity index (χ1) is 6.93. The molecule has 86 valence electrons. The maximum atomic E-state index is 2.56. The van der Waals surface area contributed by atoms with Crippen molar-refractivity contribution in [2.75, 3.05) is 19.6 Å². The van der Waals surface area contributed by atoms with Crippen molar-refractivity contribution >= 4 is 0 Å². The fraction of sp³-hybridized carbons (Fsp3) is 1.00. The lowest BCUT2D eigenvalue weighted by atomic mass is 9.65. The largest absolute Gasteiger partial charge is 0.321 e. The Morgan fingerprint density at radius 2 is 1.67 bits per heavy atom. The zero-order valence-corrected chi connectivity index (χ0v) is 10.7. The number of rotatable bonds is 0. The van der Waals surface area contributed by atoms with Gasteiger partial charge >= 0.3 is 0 Å². The van der Waals surface area contributed by atoms with E-state index in [2.05, 4.69) is 20.8 Å². The molecule has 2 aliphatic heterocycles. The van der Waals surface area contributed by atoms with Crippen molar-refractivity contribution in [3.8, 4) is 0 Å². The summed E-state index contributed by atoms with van der Waals surface area (Å²) in [6.07, 6.45) is 7.47. The summed E-state index contributed by atoms with van der Waals surface area (Å²) in [5.74, 6) is 0. The van der Waals surface area contributed by atoms with E-state index >= 15 is 0 Å². The van der Waals surface area contributed by atoms with Crippen molar-refractivity contribution in [2.45, 2.75) is 58.9 Å². The van der Waals surface area contributed by atoms with Gasteiger partial charge < -0.3 is 4.48 Å².